The standard InChI is InChI=1S/C33H16F12O3/c1-2-9-46-21-15-24(35)22(25(36)16-21)8-4-18-10-26(37)30(27(38)11-18)32(41,42)47-20-7-6-19(23(34)14-20)5-3-17-12-28(39)31(29(40)13-17)48-33(43,44)45/h6-7,10-16H,2,9H2,1H3. The van der Waals surface area contributed by atoms with Gasteiger partial charge >= 0.3 is 12.5 Å². The molecule has 15 heteroatoms. The molecular formula is C33H16F12O3. The van der Waals surface area contributed by atoms with Crippen LogP contribution in [0.1, 0.15) is 41.2 Å². The first-order chi connectivity index (χ1) is 22.5. The van der Waals surface area contributed by atoms with Crippen LogP contribution in [0.2, 0.25) is 0 Å². The Balaban J connectivity index is 1.53. The molecule has 0 unspecified atom stereocenters. The Morgan fingerprint density at radius 3 is 1.60 bits per heavy atom. The smallest absolute Gasteiger partial charge is 0.493 e. The van der Waals surface area contributed by atoms with E-state index in [0.29, 0.717) is 42.8 Å². The van der Waals surface area contributed by atoms with Crippen molar-refractivity contribution in [2.75, 3.05) is 6.61 Å². The zero-order valence-corrected chi connectivity index (χ0v) is 23.9. The van der Waals surface area contributed by atoms with E-state index in [9.17, 15) is 52.7 Å². The molecule has 0 radical (unpaired) electrons. The molecule has 4 rings (SSSR count). The van der Waals surface area contributed by atoms with Crippen molar-refractivity contribution in [3.63, 3.8) is 0 Å². The maximum atomic E-state index is 14.8. The molecule has 0 spiro atoms. The zero-order valence-electron chi connectivity index (χ0n) is 23.9. The fourth-order valence-electron chi connectivity index (χ4n) is 3.88. The molecule has 4 aromatic rings. The molecule has 250 valence electrons. The normalized spacial score (nSPS) is 11.3. The van der Waals surface area contributed by atoms with Crippen LogP contribution < -0.4 is 14.2 Å². The highest BCUT2D eigenvalue weighted by Crippen LogP contribution is 2.36. The SMILES string of the molecule is CCCOc1cc(F)c(C#Cc2cc(F)c(C(F)(F)Oc3ccc(C#Cc4cc(F)c(OC(F)(F)F)c(F)c4)c(F)c3)c(F)c2)c(F)c1. The molecule has 0 amide bonds. The van der Waals surface area contributed by atoms with E-state index >= 15 is 0 Å². The largest absolute Gasteiger partial charge is 0.573 e. The van der Waals surface area contributed by atoms with Gasteiger partial charge in [0.15, 0.2) is 11.6 Å². The van der Waals surface area contributed by atoms with Gasteiger partial charge in [0.25, 0.3) is 0 Å². The summed E-state index contributed by atoms with van der Waals surface area (Å²) < 4.78 is 180. The predicted octanol–water partition coefficient (Wildman–Crippen LogP) is 9.28. The first kappa shape index (κ1) is 35.4. The van der Waals surface area contributed by atoms with Gasteiger partial charge in [-0.3, -0.25) is 0 Å². The molecular weight excluding hydrogens is 672 g/mol. The number of benzene rings is 4. The number of ether oxygens (including phenoxy) is 3. The minimum Gasteiger partial charge on any atom is -0.493 e. The molecule has 4 aromatic carbocycles. The number of halogens is 12. The summed E-state index contributed by atoms with van der Waals surface area (Å²) in [7, 11) is 0. The van der Waals surface area contributed by atoms with Crippen LogP contribution in [0.3, 0.4) is 0 Å². The van der Waals surface area contributed by atoms with Crippen LogP contribution >= 0.6 is 0 Å². The van der Waals surface area contributed by atoms with Crippen molar-refractivity contribution in [1.82, 2.24) is 0 Å². The second kappa shape index (κ2) is 14.1. The van der Waals surface area contributed by atoms with Crippen LogP contribution in [0, 0.1) is 64.4 Å². The van der Waals surface area contributed by atoms with Crippen molar-refractivity contribution >= 4 is 0 Å². The molecule has 0 aliphatic heterocycles. The lowest BCUT2D eigenvalue weighted by Gasteiger charge is -2.19. The Bertz CT molecular complexity index is 1910. The highest BCUT2D eigenvalue weighted by molar-refractivity contribution is 5.49. The summed E-state index contributed by atoms with van der Waals surface area (Å²) in [4.78, 5) is 0. The van der Waals surface area contributed by atoms with Crippen molar-refractivity contribution in [2.24, 2.45) is 0 Å². The van der Waals surface area contributed by atoms with E-state index in [1.807, 2.05) is 5.92 Å². The van der Waals surface area contributed by atoms with E-state index in [-0.39, 0.29) is 12.4 Å². The molecule has 0 fully saturated rings. The van der Waals surface area contributed by atoms with Crippen molar-refractivity contribution < 1.29 is 66.9 Å². The summed E-state index contributed by atoms with van der Waals surface area (Å²) in [5, 5.41) is 0. The maximum absolute atomic E-state index is 14.8. The average Bonchev–Trinajstić information content (AvgIpc) is 2.96. The molecule has 3 nitrogen and oxygen atoms in total. The fourth-order valence-corrected chi connectivity index (χ4v) is 3.88. The number of hydrogen-bond acceptors (Lipinski definition) is 3. The minimum atomic E-state index is -5.39. The molecule has 0 aromatic heterocycles. The molecule has 0 saturated carbocycles. The number of hydrogen-bond donors (Lipinski definition) is 0. The van der Waals surface area contributed by atoms with Gasteiger partial charge in [-0.1, -0.05) is 30.6 Å². The molecule has 0 heterocycles. The van der Waals surface area contributed by atoms with E-state index < -0.39 is 92.5 Å². The van der Waals surface area contributed by atoms with E-state index in [1.54, 1.807) is 6.92 Å². The third-order valence-electron chi connectivity index (χ3n) is 5.90. The van der Waals surface area contributed by atoms with Crippen LogP contribution in [0.25, 0.3) is 0 Å². The van der Waals surface area contributed by atoms with Gasteiger partial charge in [0.1, 0.15) is 46.1 Å². The van der Waals surface area contributed by atoms with Gasteiger partial charge in [-0.2, -0.15) is 8.78 Å². The van der Waals surface area contributed by atoms with Gasteiger partial charge in [0, 0.05) is 29.3 Å². The third-order valence-corrected chi connectivity index (χ3v) is 5.90. The molecule has 0 aliphatic rings. The summed E-state index contributed by atoms with van der Waals surface area (Å²) in [6.45, 7) is 1.94. The summed E-state index contributed by atoms with van der Waals surface area (Å²) in [6, 6.07) is 4.93. The Labute approximate surface area is 263 Å². The highest BCUT2D eigenvalue weighted by Gasteiger charge is 2.41. The van der Waals surface area contributed by atoms with E-state index in [0.717, 1.165) is 18.2 Å². The molecule has 0 aliphatic carbocycles. The number of rotatable bonds is 7. The summed E-state index contributed by atoms with van der Waals surface area (Å²) in [5.74, 6) is -5.47. The zero-order chi connectivity index (χ0) is 35.4. The van der Waals surface area contributed by atoms with Gasteiger partial charge in [-0.15, -0.1) is 13.2 Å². The topological polar surface area (TPSA) is 27.7 Å². The molecule has 0 bridgehead atoms. The van der Waals surface area contributed by atoms with Gasteiger partial charge in [0.2, 0.25) is 5.75 Å². The minimum absolute atomic E-state index is 0.121. The predicted molar refractivity (Wildman–Crippen MR) is 144 cm³/mol. The van der Waals surface area contributed by atoms with Crippen LogP contribution in [-0.4, -0.2) is 13.0 Å². The second-order valence-corrected chi connectivity index (χ2v) is 9.50. The van der Waals surface area contributed by atoms with Crippen LogP contribution in [-0.2, 0) is 6.11 Å². The summed E-state index contributed by atoms with van der Waals surface area (Å²) in [6.07, 6.45) is -9.58. The molecule has 48 heavy (non-hydrogen) atoms. The number of alkyl halides is 5. The lowest BCUT2D eigenvalue weighted by molar-refractivity contribution is -0.276. The van der Waals surface area contributed by atoms with Crippen LogP contribution in [0.5, 0.6) is 17.2 Å². The van der Waals surface area contributed by atoms with E-state index in [4.69, 9.17) is 4.74 Å². The lowest BCUT2D eigenvalue weighted by Crippen LogP contribution is -2.25. The molecule has 0 atom stereocenters. The maximum Gasteiger partial charge on any atom is 0.573 e. The van der Waals surface area contributed by atoms with Crippen molar-refractivity contribution in [3.05, 3.63) is 123 Å². The third kappa shape index (κ3) is 8.67. The van der Waals surface area contributed by atoms with Crippen molar-refractivity contribution in [3.8, 4) is 40.9 Å². The van der Waals surface area contributed by atoms with Gasteiger partial charge in [-0.25, -0.2) is 30.7 Å². The summed E-state index contributed by atoms with van der Waals surface area (Å²) >= 11 is 0. The molecule has 0 N–H and O–H groups in total. The van der Waals surface area contributed by atoms with Gasteiger partial charge in [-0.05, 0) is 42.8 Å². The van der Waals surface area contributed by atoms with E-state index in [2.05, 4.69) is 27.2 Å². The fraction of sp³-hybridized carbons (Fsp3) is 0.152. The molecule has 0 saturated heterocycles. The first-order valence-electron chi connectivity index (χ1n) is 13.2. The van der Waals surface area contributed by atoms with E-state index in [1.165, 1.54) is 0 Å². The van der Waals surface area contributed by atoms with Crippen LogP contribution in [0.4, 0.5) is 52.7 Å². The van der Waals surface area contributed by atoms with Gasteiger partial charge in [0.05, 0.1) is 17.7 Å². The quantitative estimate of drug-likeness (QED) is 0.143. The lowest BCUT2D eigenvalue weighted by atomic mass is 10.1. The second-order valence-electron chi connectivity index (χ2n) is 9.50. The Morgan fingerprint density at radius 1 is 0.562 bits per heavy atom. The van der Waals surface area contributed by atoms with Crippen molar-refractivity contribution in [2.45, 2.75) is 25.8 Å². The first-order valence-corrected chi connectivity index (χ1v) is 13.2. The average molecular weight is 688 g/mol. The Morgan fingerprint density at radius 2 is 1.08 bits per heavy atom. The van der Waals surface area contributed by atoms with Gasteiger partial charge < -0.3 is 14.2 Å². The highest BCUT2D eigenvalue weighted by atomic mass is 19.4. The van der Waals surface area contributed by atoms with Crippen LogP contribution in [0.15, 0.2) is 54.6 Å². The Hall–Kier alpha value is -5.44. The Kier molecular flexibility index (Phi) is 10.4. The summed E-state index contributed by atoms with van der Waals surface area (Å²) in [5.41, 5.74) is -4.37. The monoisotopic (exact) mass is 688 g/mol. The van der Waals surface area contributed by atoms with Crippen molar-refractivity contribution in [1.29, 1.82) is 0 Å².